The number of benzene rings is 1. The van der Waals surface area contributed by atoms with Crippen LogP contribution in [0.1, 0.15) is 17.7 Å². The zero-order chi connectivity index (χ0) is 16.0. The highest BCUT2D eigenvalue weighted by atomic mass is 32.2. The van der Waals surface area contributed by atoms with Crippen molar-refractivity contribution in [3.8, 4) is 6.07 Å². The molecule has 0 spiro atoms. The Kier molecular flexibility index (Phi) is 4.96. The number of rotatable bonds is 6. The SMILES string of the molecule is Cc1ccc(S(=O)(=O)N(CCC#N)/N=C/c2ccco2)cc1. The third-order valence-corrected chi connectivity index (χ3v) is 4.57. The number of hydrogen-bond donors (Lipinski definition) is 0. The minimum absolute atomic E-state index is 0.0239. The fourth-order valence-corrected chi connectivity index (χ4v) is 2.93. The summed E-state index contributed by atoms with van der Waals surface area (Å²) in [5, 5.41) is 12.6. The van der Waals surface area contributed by atoms with Crippen LogP contribution in [-0.2, 0) is 10.0 Å². The molecule has 2 rings (SSSR count). The van der Waals surface area contributed by atoms with Crippen molar-refractivity contribution >= 4 is 16.2 Å². The summed E-state index contributed by atoms with van der Waals surface area (Å²) in [6, 6.07) is 11.7. The number of nitrogens with zero attached hydrogens (tertiary/aromatic N) is 3. The van der Waals surface area contributed by atoms with Gasteiger partial charge in [-0.1, -0.05) is 17.7 Å². The van der Waals surface area contributed by atoms with Gasteiger partial charge in [0.15, 0.2) is 0 Å². The second kappa shape index (κ2) is 6.91. The summed E-state index contributed by atoms with van der Waals surface area (Å²) >= 11 is 0. The summed E-state index contributed by atoms with van der Waals surface area (Å²) in [6.07, 6.45) is 2.82. The third kappa shape index (κ3) is 3.74. The lowest BCUT2D eigenvalue weighted by molar-refractivity contribution is 0.437. The Labute approximate surface area is 129 Å². The van der Waals surface area contributed by atoms with E-state index in [0.29, 0.717) is 5.76 Å². The smallest absolute Gasteiger partial charge is 0.279 e. The van der Waals surface area contributed by atoms with Gasteiger partial charge in [0.05, 0.1) is 36.4 Å². The molecule has 0 fully saturated rings. The van der Waals surface area contributed by atoms with Crippen molar-refractivity contribution in [1.29, 1.82) is 5.26 Å². The minimum atomic E-state index is -3.80. The maximum absolute atomic E-state index is 12.6. The molecule has 22 heavy (non-hydrogen) atoms. The van der Waals surface area contributed by atoms with Crippen LogP contribution in [0, 0.1) is 18.3 Å². The van der Waals surface area contributed by atoms with Crippen LogP contribution in [0.25, 0.3) is 0 Å². The summed E-state index contributed by atoms with van der Waals surface area (Å²) in [5.74, 6) is 0.432. The van der Waals surface area contributed by atoms with Gasteiger partial charge in [-0.2, -0.15) is 23.2 Å². The van der Waals surface area contributed by atoms with E-state index in [9.17, 15) is 8.42 Å². The lowest BCUT2D eigenvalue weighted by Gasteiger charge is -2.17. The van der Waals surface area contributed by atoms with Crippen LogP contribution in [0.4, 0.5) is 0 Å². The fraction of sp³-hybridized carbons (Fsp3) is 0.200. The van der Waals surface area contributed by atoms with E-state index in [2.05, 4.69) is 5.10 Å². The van der Waals surface area contributed by atoms with Gasteiger partial charge in [0.25, 0.3) is 10.0 Å². The number of hydrazone groups is 1. The predicted octanol–water partition coefficient (Wildman–Crippen LogP) is 2.53. The Morgan fingerprint density at radius 2 is 2.05 bits per heavy atom. The van der Waals surface area contributed by atoms with Crippen molar-refractivity contribution in [1.82, 2.24) is 4.41 Å². The number of furan rings is 1. The molecular weight excluding hydrogens is 302 g/mol. The number of aryl methyl sites for hydroxylation is 1. The molecule has 2 aromatic rings. The van der Waals surface area contributed by atoms with Gasteiger partial charge in [-0.25, -0.2) is 0 Å². The number of hydrogen-bond acceptors (Lipinski definition) is 5. The van der Waals surface area contributed by atoms with Crippen molar-refractivity contribution in [2.24, 2.45) is 5.10 Å². The molecule has 0 amide bonds. The molecule has 0 saturated heterocycles. The Morgan fingerprint density at radius 1 is 1.32 bits per heavy atom. The molecule has 0 radical (unpaired) electrons. The highest BCUT2D eigenvalue weighted by Gasteiger charge is 2.22. The van der Waals surface area contributed by atoms with Crippen LogP contribution in [0.3, 0.4) is 0 Å². The minimum Gasteiger partial charge on any atom is -0.463 e. The van der Waals surface area contributed by atoms with E-state index in [1.54, 1.807) is 24.3 Å². The highest BCUT2D eigenvalue weighted by Crippen LogP contribution is 2.17. The summed E-state index contributed by atoms with van der Waals surface area (Å²) in [4.78, 5) is 0.132. The van der Waals surface area contributed by atoms with Crippen molar-refractivity contribution in [3.05, 3.63) is 54.0 Å². The van der Waals surface area contributed by atoms with Gasteiger partial charge in [-0.15, -0.1) is 0 Å². The first-order valence-corrected chi connectivity index (χ1v) is 8.02. The van der Waals surface area contributed by atoms with Crippen LogP contribution in [0.15, 0.2) is 57.1 Å². The first-order valence-electron chi connectivity index (χ1n) is 6.58. The number of sulfonamides is 1. The first-order chi connectivity index (χ1) is 10.5. The molecule has 6 nitrogen and oxygen atoms in total. The van der Waals surface area contributed by atoms with Gasteiger partial charge in [-0.3, -0.25) is 0 Å². The standard InChI is InChI=1S/C15H15N3O3S/c1-13-5-7-15(8-6-13)22(19,20)18(10-3-9-16)17-12-14-4-2-11-21-14/h2,4-8,11-12H,3,10H2,1H3/b17-12+. The van der Waals surface area contributed by atoms with E-state index in [4.69, 9.17) is 9.68 Å². The largest absolute Gasteiger partial charge is 0.463 e. The van der Waals surface area contributed by atoms with Crippen LogP contribution >= 0.6 is 0 Å². The van der Waals surface area contributed by atoms with Gasteiger partial charge >= 0.3 is 0 Å². The maximum Gasteiger partial charge on any atom is 0.279 e. The van der Waals surface area contributed by atoms with Crippen molar-refractivity contribution in [3.63, 3.8) is 0 Å². The molecule has 1 aromatic heterocycles. The van der Waals surface area contributed by atoms with E-state index in [-0.39, 0.29) is 17.9 Å². The van der Waals surface area contributed by atoms with E-state index in [0.717, 1.165) is 9.98 Å². The molecule has 0 bridgehead atoms. The molecular formula is C15H15N3O3S. The molecule has 1 aromatic carbocycles. The molecule has 7 heteroatoms. The Bertz CT molecular complexity index is 772. The predicted molar refractivity (Wildman–Crippen MR) is 81.6 cm³/mol. The zero-order valence-corrected chi connectivity index (χ0v) is 12.8. The summed E-state index contributed by atoms with van der Waals surface area (Å²) in [7, 11) is -3.80. The van der Waals surface area contributed by atoms with E-state index in [1.165, 1.54) is 24.6 Å². The Morgan fingerprint density at radius 3 is 2.64 bits per heavy atom. The monoisotopic (exact) mass is 317 g/mol. The van der Waals surface area contributed by atoms with Crippen LogP contribution in [0.2, 0.25) is 0 Å². The molecule has 0 aliphatic carbocycles. The topological polar surface area (TPSA) is 86.7 Å². The molecule has 114 valence electrons. The van der Waals surface area contributed by atoms with E-state index < -0.39 is 10.0 Å². The van der Waals surface area contributed by atoms with Crippen molar-refractivity contribution in [2.75, 3.05) is 6.54 Å². The summed E-state index contributed by atoms with van der Waals surface area (Å²) in [5.41, 5.74) is 0.960. The van der Waals surface area contributed by atoms with Crippen LogP contribution in [0.5, 0.6) is 0 Å². The molecule has 0 aliphatic heterocycles. The molecule has 0 saturated carbocycles. The molecule has 1 heterocycles. The average Bonchev–Trinajstić information content (AvgIpc) is 3.01. The molecule has 0 atom stereocenters. The van der Waals surface area contributed by atoms with Crippen molar-refractivity contribution in [2.45, 2.75) is 18.2 Å². The van der Waals surface area contributed by atoms with Crippen LogP contribution in [-0.4, -0.2) is 25.6 Å². The lowest BCUT2D eigenvalue weighted by Crippen LogP contribution is -2.27. The second-order valence-electron chi connectivity index (χ2n) is 4.53. The van der Waals surface area contributed by atoms with Gasteiger partial charge in [0.2, 0.25) is 0 Å². The van der Waals surface area contributed by atoms with Gasteiger partial charge in [-0.05, 0) is 31.2 Å². The lowest BCUT2D eigenvalue weighted by atomic mass is 10.2. The number of nitriles is 1. The second-order valence-corrected chi connectivity index (χ2v) is 6.38. The van der Waals surface area contributed by atoms with Gasteiger partial charge in [0.1, 0.15) is 5.76 Å². The van der Waals surface area contributed by atoms with Gasteiger partial charge < -0.3 is 4.42 Å². The first kappa shape index (κ1) is 15.8. The fourth-order valence-electron chi connectivity index (χ4n) is 1.70. The summed E-state index contributed by atoms with van der Waals surface area (Å²) < 4.78 is 31.2. The molecule has 0 aliphatic rings. The van der Waals surface area contributed by atoms with E-state index >= 15 is 0 Å². The zero-order valence-electron chi connectivity index (χ0n) is 12.0. The highest BCUT2D eigenvalue weighted by molar-refractivity contribution is 7.89. The Balaban J connectivity index is 2.31. The van der Waals surface area contributed by atoms with E-state index in [1.807, 2.05) is 13.0 Å². The third-order valence-electron chi connectivity index (χ3n) is 2.87. The summed E-state index contributed by atoms with van der Waals surface area (Å²) in [6.45, 7) is 1.85. The normalized spacial score (nSPS) is 11.5. The Hall–Kier alpha value is -2.59. The van der Waals surface area contributed by atoms with Crippen LogP contribution < -0.4 is 0 Å². The molecule has 0 N–H and O–H groups in total. The van der Waals surface area contributed by atoms with Gasteiger partial charge in [0, 0.05) is 0 Å². The maximum atomic E-state index is 12.6. The quantitative estimate of drug-likeness (QED) is 0.605. The molecule has 0 unspecified atom stereocenters. The van der Waals surface area contributed by atoms with Crippen molar-refractivity contribution < 1.29 is 12.8 Å². The average molecular weight is 317 g/mol.